The Bertz CT molecular complexity index is 755. The maximum absolute atomic E-state index is 12.4. The number of hydrogen-bond acceptors (Lipinski definition) is 4. The zero-order valence-corrected chi connectivity index (χ0v) is 15.5. The summed E-state index contributed by atoms with van der Waals surface area (Å²) >= 11 is 2.10. The highest BCUT2D eigenvalue weighted by Crippen LogP contribution is 2.38. The van der Waals surface area contributed by atoms with E-state index in [2.05, 4.69) is 22.6 Å². The maximum atomic E-state index is 12.4. The van der Waals surface area contributed by atoms with Crippen LogP contribution in [0, 0.1) is 3.57 Å². The molecule has 0 amide bonds. The molecule has 0 atom stereocenters. The molecule has 0 bridgehead atoms. The molecule has 0 aliphatic carbocycles. The van der Waals surface area contributed by atoms with Crippen molar-refractivity contribution in [2.24, 2.45) is 0 Å². The van der Waals surface area contributed by atoms with E-state index in [1.807, 2.05) is 19.9 Å². The summed E-state index contributed by atoms with van der Waals surface area (Å²) in [6, 6.07) is 11.7. The predicted octanol–water partition coefficient (Wildman–Crippen LogP) is 4.19. The van der Waals surface area contributed by atoms with Crippen LogP contribution >= 0.6 is 22.6 Å². The zero-order valence-electron chi connectivity index (χ0n) is 12.5. The van der Waals surface area contributed by atoms with Crippen molar-refractivity contribution in [1.29, 1.82) is 0 Å². The minimum absolute atomic E-state index is 0.114. The second-order valence-electron chi connectivity index (χ2n) is 5.01. The van der Waals surface area contributed by atoms with Gasteiger partial charge in [-0.05, 0) is 52.3 Å². The molecule has 6 heteroatoms. The smallest absolute Gasteiger partial charge is 0.339 e. The lowest BCUT2D eigenvalue weighted by atomic mass is 10.0. The van der Waals surface area contributed by atoms with Gasteiger partial charge in [-0.1, -0.05) is 38.1 Å². The van der Waals surface area contributed by atoms with E-state index in [1.54, 1.807) is 24.3 Å². The third kappa shape index (κ3) is 3.55. The van der Waals surface area contributed by atoms with Gasteiger partial charge >= 0.3 is 10.1 Å². The Kier molecular flexibility index (Phi) is 5.33. The van der Waals surface area contributed by atoms with Crippen molar-refractivity contribution in [3.63, 3.8) is 0 Å². The monoisotopic (exact) mass is 432 g/mol. The van der Waals surface area contributed by atoms with Crippen molar-refractivity contribution in [1.82, 2.24) is 0 Å². The zero-order chi connectivity index (χ0) is 16.3. The van der Waals surface area contributed by atoms with Crippen LogP contribution < -0.4 is 8.92 Å². The average molecular weight is 432 g/mol. The highest BCUT2D eigenvalue weighted by molar-refractivity contribution is 14.1. The highest BCUT2D eigenvalue weighted by Gasteiger charge is 2.23. The van der Waals surface area contributed by atoms with Crippen LogP contribution in [0.3, 0.4) is 0 Å². The molecule has 0 N–H and O–H groups in total. The van der Waals surface area contributed by atoms with Gasteiger partial charge < -0.3 is 8.92 Å². The van der Waals surface area contributed by atoms with Crippen molar-refractivity contribution >= 4 is 32.7 Å². The molecule has 22 heavy (non-hydrogen) atoms. The maximum Gasteiger partial charge on any atom is 0.339 e. The fourth-order valence-electron chi connectivity index (χ4n) is 1.98. The van der Waals surface area contributed by atoms with Gasteiger partial charge in [0.1, 0.15) is 4.90 Å². The fourth-order valence-corrected chi connectivity index (χ4v) is 4.28. The van der Waals surface area contributed by atoms with E-state index in [4.69, 9.17) is 8.92 Å². The first kappa shape index (κ1) is 17.1. The first-order chi connectivity index (χ1) is 10.4. The standard InChI is InChI=1S/C16H17IO4S/c1-11(2)13-9-10-14(20-3)16(15(13)17)21-22(18,19)12-7-5-4-6-8-12/h4-11H,1-3H3. The Labute approximate surface area is 144 Å². The second-order valence-corrected chi connectivity index (χ2v) is 7.63. The Morgan fingerprint density at radius 3 is 2.23 bits per heavy atom. The van der Waals surface area contributed by atoms with Gasteiger partial charge in [-0.15, -0.1) is 0 Å². The summed E-state index contributed by atoms with van der Waals surface area (Å²) in [5, 5.41) is 0. The Balaban J connectivity index is 2.51. The van der Waals surface area contributed by atoms with Crippen LogP contribution in [0.4, 0.5) is 0 Å². The van der Waals surface area contributed by atoms with Crippen LogP contribution in [-0.4, -0.2) is 15.5 Å². The van der Waals surface area contributed by atoms with Crippen molar-refractivity contribution < 1.29 is 17.3 Å². The lowest BCUT2D eigenvalue weighted by molar-refractivity contribution is 0.389. The van der Waals surface area contributed by atoms with E-state index < -0.39 is 10.1 Å². The third-order valence-electron chi connectivity index (χ3n) is 3.16. The summed E-state index contributed by atoms with van der Waals surface area (Å²) in [4.78, 5) is 0.114. The highest BCUT2D eigenvalue weighted by atomic mass is 127. The molecule has 0 heterocycles. The van der Waals surface area contributed by atoms with Crippen LogP contribution in [0.15, 0.2) is 47.4 Å². The molecule has 0 saturated heterocycles. The summed E-state index contributed by atoms with van der Waals surface area (Å²) in [6.45, 7) is 4.08. The van der Waals surface area contributed by atoms with Crippen LogP contribution in [0.25, 0.3) is 0 Å². The molecule has 0 fully saturated rings. The first-order valence-corrected chi connectivity index (χ1v) is 9.21. The van der Waals surface area contributed by atoms with Crippen molar-refractivity contribution in [2.45, 2.75) is 24.7 Å². The third-order valence-corrected chi connectivity index (χ3v) is 5.51. The van der Waals surface area contributed by atoms with Gasteiger partial charge in [-0.25, -0.2) is 0 Å². The number of benzene rings is 2. The molecule has 0 radical (unpaired) electrons. The average Bonchev–Trinajstić information content (AvgIpc) is 2.49. The van der Waals surface area contributed by atoms with Crippen LogP contribution in [-0.2, 0) is 10.1 Å². The molecule has 2 rings (SSSR count). The summed E-state index contributed by atoms with van der Waals surface area (Å²) in [7, 11) is -2.41. The van der Waals surface area contributed by atoms with E-state index >= 15 is 0 Å². The van der Waals surface area contributed by atoms with E-state index in [1.165, 1.54) is 19.2 Å². The summed E-state index contributed by atoms with van der Waals surface area (Å²) in [6.07, 6.45) is 0. The van der Waals surface area contributed by atoms with E-state index in [0.29, 0.717) is 5.75 Å². The molecule has 118 valence electrons. The number of methoxy groups -OCH3 is 1. The molecular weight excluding hydrogens is 415 g/mol. The van der Waals surface area contributed by atoms with Crippen LogP contribution in [0.1, 0.15) is 25.3 Å². The lowest BCUT2D eigenvalue weighted by Crippen LogP contribution is -2.12. The molecule has 0 spiro atoms. The van der Waals surface area contributed by atoms with Gasteiger partial charge in [0.05, 0.1) is 10.7 Å². The van der Waals surface area contributed by atoms with Crippen molar-refractivity contribution in [3.05, 3.63) is 51.6 Å². The van der Waals surface area contributed by atoms with Crippen molar-refractivity contribution in [2.75, 3.05) is 7.11 Å². The van der Waals surface area contributed by atoms with Gasteiger partial charge in [0.2, 0.25) is 0 Å². The number of halogens is 1. The Morgan fingerprint density at radius 2 is 1.68 bits per heavy atom. The van der Waals surface area contributed by atoms with Gasteiger partial charge in [0.15, 0.2) is 11.5 Å². The number of hydrogen-bond donors (Lipinski definition) is 0. The second kappa shape index (κ2) is 6.87. The molecule has 0 unspecified atom stereocenters. The van der Waals surface area contributed by atoms with Crippen molar-refractivity contribution in [3.8, 4) is 11.5 Å². The largest absolute Gasteiger partial charge is 0.493 e. The fraction of sp³-hybridized carbons (Fsp3) is 0.250. The van der Waals surface area contributed by atoms with E-state index in [-0.39, 0.29) is 16.6 Å². The van der Waals surface area contributed by atoms with E-state index in [0.717, 1.165) is 9.13 Å². The normalized spacial score (nSPS) is 11.5. The molecule has 4 nitrogen and oxygen atoms in total. The molecule has 2 aromatic carbocycles. The van der Waals surface area contributed by atoms with Gasteiger partial charge in [0, 0.05) is 0 Å². The summed E-state index contributed by atoms with van der Waals surface area (Å²) < 4.78 is 36.2. The van der Waals surface area contributed by atoms with Crippen LogP contribution in [0.5, 0.6) is 11.5 Å². The molecular formula is C16H17IO4S. The van der Waals surface area contributed by atoms with E-state index in [9.17, 15) is 8.42 Å². The molecule has 0 saturated carbocycles. The number of rotatable bonds is 5. The number of ether oxygens (including phenoxy) is 1. The topological polar surface area (TPSA) is 52.6 Å². The van der Waals surface area contributed by atoms with Gasteiger partial charge in [-0.3, -0.25) is 0 Å². The Morgan fingerprint density at radius 1 is 1.05 bits per heavy atom. The van der Waals surface area contributed by atoms with Gasteiger partial charge in [-0.2, -0.15) is 8.42 Å². The molecule has 0 aliphatic heterocycles. The van der Waals surface area contributed by atoms with Crippen LogP contribution in [0.2, 0.25) is 0 Å². The predicted molar refractivity (Wildman–Crippen MR) is 94.1 cm³/mol. The van der Waals surface area contributed by atoms with Gasteiger partial charge in [0.25, 0.3) is 0 Å². The minimum Gasteiger partial charge on any atom is -0.493 e. The summed E-state index contributed by atoms with van der Waals surface area (Å²) in [5.74, 6) is 0.881. The molecule has 0 aliphatic rings. The lowest BCUT2D eigenvalue weighted by Gasteiger charge is -2.16. The first-order valence-electron chi connectivity index (χ1n) is 6.72. The quantitative estimate of drug-likeness (QED) is 0.525. The minimum atomic E-state index is -3.90. The summed E-state index contributed by atoms with van der Waals surface area (Å²) in [5.41, 5.74) is 1.01. The SMILES string of the molecule is COc1ccc(C(C)C)c(I)c1OS(=O)(=O)c1ccccc1. The Hall–Kier alpha value is -1.28. The molecule has 0 aromatic heterocycles. The molecule has 2 aromatic rings.